The fourth-order valence-electron chi connectivity index (χ4n) is 2.77. The lowest BCUT2D eigenvalue weighted by atomic mass is 10.2. The minimum absolute atomic E-state index is 0.567. The van der Waals surface area contributed by atoms with E-state index in [1.807, 2.05) is 26.1 Å². The lowest BCUT2D eigenvalue weighted by Crippen LogP contribution is -2.18. The van der Waals surface area contributed by atoms with Gasteiger partial charge in [-0.3, -0.25) is 9.55 Å². The van der Waals surface area contributed by atoms with Crippen molar-refractivity contribution in [2.24, 2.45) is 0 Å². The third-order valence-corrected chi connectivity index (χ3v) is 3.75. The molecule has 0 unspecified atom stereocenters. The topological polar surface area (TPSA) is 42.7 Å². The molecule has 1 aliphatic carbocycles. The predicted octanol–water partition coefficient (Wildman–Crippen LogP) is 3.24. The highest BCUT2D eigenvalue weighted by Gasteiger charge is 2.18. The number of nitrogens with zero attached hydrogens (tertiary/aromatic N) is 3. The van der Waals surface area contributed by atoms with E-state index in [2.05, 4.69) is 32.1 Å². The molecule has 100 valence electrons. The van der Waals surface area contributed by atoms with Crippen LogP contribution >= 0.6 is 0 Å². The van der Waals surface area contributed by atoms with Crippen LogP contribution in [0.2, 0.25) is 0 Å². The Morgan fingerprint density at radius 3 is 2.79 bits per heavy atom. The van der Waals surface area contributed by atoms with Crippen LogP contribution < -0.4 is 5.32 Å². The molecular formula is C15H20N4. The second-order valence-corrected chi connectivity index (χ2v) is 5.31. The summed E-state index contributed by atoms with van der Waals surface area (Å²) in [6.07, 6.45) is 9.04. The number of imidazole rings is 1. The number of pyridine rings is 1. The van der Waals surface area contributed by atoms with Crippen molar-refractivity contribution >= 4 is 5.95 Å². The van der Waals surface area contributed by atoms with Crippen LogP contribution in [0, 0.1) is 13.8 Å². The van der Waals surface area contributed by atoms with E-state index in [1.54, 1.807) is 0 Å². The van der Waals surface area contributed by atoms with Crippen molar-refractivity contribution < 1.29 is 0 Å². The van der Waals surface area contributed by atoms with Crippen LogP contribution in [0.1, 0.15) is 37.1 Å². The van der Waals surface area contributed by atoms with E-state index in [1.165, 1.54) is 25.7 Å². The fourth-order valence-corrected chi connectivity index (χ4v) is 2.77. The maximum absolute atomic E-state index is 4.62. The molecule has 2 aromatic rings. The first-order valence-electron chi connectivity index (χ1n) is 6.98. The monoisotopic (exact) mass is 256 g/mol. The summed E-state index contributed by atoms with van der Waals surface area (Å²) in [5.41, 5.74) is 3.15. The number of hydrogen-bond donors (Lipinski definition) is 1. The van der Waals surface area contributed by atoms with Crippen LogP contribution in [0.3, 0.4) is 0 Å². The Hall–Kier alpha value is -1.84. The molecule has 1 saturated carbocycles. The number of aryl methyl sites for hydroxylation is 2. The second kappa shape index (κ2) is 5.03. The van der Waals surface area contributed by atoms with Gasteiger partial charge in [-0.1, -0.05) is 12.8 Å². The Labute approximate surface area is 113 Å². The van der Waals surface area contributed by atoms with Crippen molar-refractivity contribution in [2.75, 3.05) is 5.32 Å². The molecule has 0 spiro atoms. The number of hydrogen-bond acceptors (Lipinski definition) is 3. The van der Waals surface area contributed by atoms with E-state index in [0.29, 0.717) is 6.04 Å². The van der Waals surface area contributed by atoms with Crippen molar-refractivity contribution in [3.8, 4) is 5.69 Å². The summed E-state index contributed by atoms with van der Waals surface area (Å²) in [5.74, 6) is 0.945. The minimum atomic E-state index is 0.567. The van der Waals surface area contributed by atoms with Gasteiger partial charge in [0.05, 0.1) is 17.1 Å². The summed E-state index contributed by atoms with van der Waals surface area (Å²) >= 11 is 0. The molecule has 3 rings (SSSR count). The van der Waals surface area contributed by atoms with Gasteiger partial charge in [-0.2, -0.15) is 0 Å². The third-order valence-electron chi connectivity index (χ3n) is 3.75. The van der Waals surface area contributed by atoms with Crippen LogP contribution in [0.25, 0.3) is 5.69 Å². The van der Waals surface area contributed by atoms with Crippen molar-refractivity contribution in [1.82, 2.24) is 14.5 Å². The molecule has 0 aliphatic heterocycles. The molecule has 0 amide bonds. The molecule has 0 bridgehead atoms. The van der Waals surface area contributed by atoms with Gasteiger partial charge in [-0.15, -0.1) is 0 Å². The third kappa shape index (κ3) is 2.48. The first-order chi connectivity index (χ1) is 9.24. The zero-order valence-electron chi connectivity index (χ0n) is 11.6. The summed E-state index contributed by atoms with van der Waals surface area (Å²) in [6, 6.07) is 4.62. The van der Waals surface area contributed by atoms with Gasteiger partial charge in [-0.25, -0.2) is 4.98 Å². The lowest BCUT2D eigenvalue weighted by Gasteiger charge is -2.15. The molecule has 0 atom stereocenters. The first-order valence-corrected chi connectivity index (χ1v) is 6.98. The molecule has 0 aromatic carbocycles. The summed E-state index contributed by atoms with van der Waals surface area (Å²) < 4.78 is 2.12. The SMILES string of the molecule is Cc1cn(-c2cccnc2C)c(NC2CCCC2)n1. The highest BCUT2D eigenvalue weighted by molar-refractivity contribution is 5.45. The van der Waals surface area contributed by atoms with Crippen LogP contribution in [-0.2, 0) is 0 Å². The number of rotatable bonds is 3. The van der Waals surface area contributed by atoms with E-state index in [-0.39, 0.29) is 0 Å². The second-order valence-electron chi connectivity index (χ2n) is 5.31. The first kappa shape index (κ1) is 12.2. The molecule has 19 heavy (non-hydrogen) atoms. The molecule has 1 aliphatic rings. The standard InChI is InChI=1S/C15H20N4/c1-11-10-19(14-8-5-9-16-12(14)2)15(17-11)18-13-6-3-4-7-13/h5,8-10,13H,3-4,6-7H2,1-2H3,(H,17,18). The highest BCUT2D eigenvalue weighted by Crippen LogP contribution is 2.24. The number of anilines is 1. The molecule has 0 saturated heterocycles. The van der Waals surface area contributed by atoms with E-state index in [4.69, 9.17) is 0 Å². The van der Waals surface area contributed by atoms with E-state index >= 15 is 0 Å². The maximum Gasteiger partial charge on any atom is 0.208 e. The van der Waals surface area contributed by atoms with Crippen molar-refractivity contribution in [1.29, 1.82) is 0 Å². The molecule has 4 heteroatoms. The lowest BCUT2D eigenvalue weighted by molar-refractivity contribution is 0.740. The van der Waals surface area contributed by atoms with Gasteiger partial charge >= 0.3 is 0 Å². The average molecular weight is 256 g/mol. The Morgan fingerprint density at radius 1 is 1.26 bits per heavy atom. The van der Waals surface area contributed by atoms with Crippen LogP contribution in [0.4, 0.5) is 5.95 Å². The van der Waals surface area contributed by atoms with Gasteiger partial charge < -0.3 is 5.32 Å². The summed E-state index contributed by atoms with van der Waals surface area (Å²) in [7, 11) is 0. The molecular weight excluding hydrogens is 236 g/mol. The van der Waals surface area contributed by atoms with Crippen molar-refractivity contribution in [2.45, 2.75) is 45.6 Å². The largest absolute Gasteiger partial charge is 0.353 e. The van der Waals surface area contributed by atoms with Crippen LogP contribution in [0.15, 0.2) is 24.5 Å². The highest BCUT2D eigenvalue weighted by atomic mass is 15.2. The Kier molecular flexibility index (Phi) is 3.23. The van der Waals surface area contributed by atoms with Crippen molar-refractivity contribution in [3.63, 3.8) is 0 Å². The van der Waals surface area contributed by atoms with E-state index < -0.39 is 0 Å². The average Bonchev–Trinajstić information content (AvgIpc) is 3.01. The predicted molar refractivity (Wildman–Crippen MR) is 76.7 cm³/mol. The Balaban J connectivity index is 1.94. The maximum atomic E-state index is 4.62. The molecule has 2 aromatic heterocycles. The van der Waals surface area contributed by atoms with E-state index in [0.717, 1.165) is 23.0 Å². The molecule has 0 radical (unpaired) electrons. The van der Waals surface area contributed by atoms with E-state index in [9.17, 15) is 0 Å². The summed E-state index contributed by atoms with van der Waals surface area (Å²) in [4.78, 5) is 8.98. The Bertz CT molecular complexity index is 567. The number of aromatic nitrogens is 3. The quantitative estimate of drug-likeness (QED) is 0.916. The number of nitrogens with one attached hydrogen (secondary N) is 1. The zero-order chi connectivity index (χ0) is 13.2. The van der Waals surface area contributed by atoms with Gasteiger partial charge in [0.1, 0.15) is 0 Å². The summed E-state index contributed by atoms with van der Waals surface area (Å²) in [5, 5.41) is 3.58. The zero-order valence-corrected chi connectivity index (χ0v) is 11.6. The van der Waals surface area contributed by atoms with Gasteiger partial charge in [-0.05, 0) is 38.8 Å². The molecule has 2 heterocycles. The van der Waals surface area contributed by atoms with Gasteiger partial charge in [0, 0.05) is 18.4 Å². The Morgan fingerprint density at radius 2 is 2.05 bits per heavy atom. The normalized spacial score (nSPS) is 15.9. The molecule has 1 fully saturated rings. The van der Waals surface area contributed by atoms with Gasteiger partial charge in [0.25, 0.3) is 0 Å². The van der Waals surface area contributed by atoms with Crippen LogP contribution in [0.5, 0.6) is 0 Å². The minimum Gasteiger partial charge on any atom is -0.353 e. The molecule has 4 nitrogen and oxygen atoms in total. The smallest absolute Gasteiger partial charge is 0.208 e. The van der Waals surface area contributed by atoms with Gasteiger partial charge in [0.2, 0.25) is 5.95 Å². The summed E-state index contributed by atoms with van der Waals surface area (Å²) in [6.45, 7) is 4.06. The van der Waals surface area contributed by atoms with Gasteiger partial charge in [0.15, 0.2) is 0 Å². The van der Waals surface area contributed by atoms with Crippen LogP contribution in [-0.4, -0.2) is 20.6 Å². The molecule has 1 N–H and O–H groups in total. The fraction of sp³-hybridized carbons (Fsp3) is 0.467. The van der Waals surface area contributed by atoms with Crippen molar-refractivity contribution in [3.05, 3.63) is 35.9 Å².